The van der Waals surface area contributed by atoms with E-state index in [4.69, 9.17) is 10.7 Å². The number of likely N-dealkylation sites (tertiary alicyclic amines) is 1. The number of aromatic nitrogens is 2. The average molecular weight is 439 g/mol. The number of hydrogen-bond donors (Lipinski definition) is 1. The lowest BCUT2D eigenvalue weighted by atomic mass is 9.92. The zero-order chi connectivity index (χ0) is 23.1. The van der Waals surface area contributed by atoms with E-state index < -0.39 is 5.91 Å². The predicted molar refractivity (Wildman–Crippen MR) is 130 cm³/mol. The average Bonchev–Trinajstić information content (AvgIpc) is 3.17. The van der Waals surface area contributed by atoms with E-state index in [1.807, 2.05) is 29.2 Å². The molecule has 1 aliphatic heterocycles. The van der Waals surface area contributed by atoms with Crippen LogP contribution in [0.4, 0.5) is 0 Å². The molecule has 2 N–H and O–H groups in total. The number of benzene rings is 2. The Hall–Kier alpha value is -3.80. The number of nitrogens with two attached hydrogens (primary N) is 1. The van der Waals surface area contributed by atoms with Crippen molar-refractivity contribution in [2.75, 3.05) is 6.54 Å². The van der Waals surface area contributed by atoms with Crippen LogP contribution in [0, 0.1) is 13.8 Å². The summed E-state index contributed by atoms with van der Waals surface area (Å²) in [6.45, 7) is 5.51. The molecule has 6 heteroatoms. The monoisotopic (exact) mass is 438 g/mol. The summed E-state index contributed by atoms with van der Waals surface area (Å²) < 4.78 is 0. The molecule has 1 aliphatic rings. The number of fused-ring (bicyclic) bond motifs is 2. The van der Waals surface area contributed by atoms with Crippen LogP contribution in [-0.4, -0.2) is 33.2 Å². The van der Waals surface area contributed by atoms with E-state index in [0.717, 1.165) is 62.7 Å². The quantitative estimate of drug-likeness (QED) is 0.505. The van der Waals surface area contributed by atoms with Crippen LogP contribution in [-0.2, 0) is 22.6 Å². The van der Waals surface area contributed by atoms with E-state index in [-0.39, 0.29) is 12.3 Å². The van der Waals surface area contributed by atoms with Gasteiger partial charge in [0.1, 0.15) is 0 Å². The second-order valence-corrected chi connectivity index (χ2v) is 8.88. The minimum Gasteiger partial charge on any atom is -0.369 e. The van der Waals surface area contributed by atoms with E-state index in [2.05, 4.69) is 43.1 Å². The van der Waals surface area contributed by atoms with E-state index >= 15 is 0 Å². The van der Waals surface area contributed by atoms with Gasteiger partial charge in [0, 0.05) is 29.3 Å². The summed E-state index contributed by atoms with van der Waals surface area (Å²) in [4.78, 5) is 35.1. The zero-order valence-electron chi connectivity index (χ0n) is 18.9. The molecule has 0 radical (unpaired) electrons. The van der Waals surface area contributed by atoms with Crippen LogP contribution < -0.4 is 5.73 Å². The van der Waals surface area contributed by atoms with Gasteiger partial charge in [-0.1, -0.05) is 18.2 Å². The molecule has 0 atom stereocenters. The molecule has 5 rings (SSSR count). The Morgan fingerprint density at radius 1 is 1.03 bits per heavy atom. The summed E-state index contributed by atoms with van der Waals surface area (Å²) in [5.41, 5.74) is 13.1. The molecule has 1 fully saturated rings. The highest BCUT2D eigenvalue weighted by Crippen LogP contribution is 2.36. The summed E-state index contributed by atoms with van der Waals surface area (Å²) in [6, 6.07) is 16.3. The Bertz CT molecular complexity index is 1430. The van der Waals surface area contributed by atoms with Gasteiger partial charge in [0.25, 0.3) is 0 Å². The highest BCUT2D eigenvalue weighted by Gasteiger charge is 2.21. The largest absolute Gasteiger partial charge is 0.369 e. The third-order valence-corrected chi connectivity index (χ3v) is 6.28. The first kappa shape index (κ1) is 21.1. The van der Waals surface area contributed by atoms with Gasteiger partial charge < -0.3 is 10.6 Å². The molecule has 0 aliphatic carbocycles. The molecule has 166 valence electrons. The van der Waals surface area contributed by atoms with Gasteiger partial charge in [-0.2, -0.15) is 0 Å². The van der Waals surface area contributed by atoms with Gasteiger partial charge >= 0.3 is 0 Å². The van der Waals surface area contributed by atoms with E-state index in [0.29, 0.717) is 18.7 Å². The Balaban J connectivity index is 1.68. The van der Waals surface area contributed by atoms with Crippen LogP contribution in [0.25, 0.3) is 32.9 Å². The van der Waals surface area contributed by atoms with Crippen molar-refractivity contribution in [1.82, 2.24) is 14.9 Å². The lowest BCUT2D eigenvalue weighted by Crippen LogP contribution is -2.24. The van der Waals surface area contributed by atoms with Crippen LogP contribution in [0.3, 0.4) is 0 Å². The first-order valence-corrected chi connectivity index (χ1v) is 11.2. The van der Waals surface area contributed by atoms with Gasteiger partial charge in [0.2, 0.25) is 11.8 Å². The van der Waals surface area contributed by atoms with Gasteiger partial charge in [-0.25, -0.2) is 0 Å². The minimum atomic E-state index is -0.396. The molecular formula is C27H26N4O2. The number of pyridine rings is 2. The van der Waals surface area contributed by atoms with E-state index in [1.54, 1.807) is 0 Å². The van der Waals surface area contributed by atoms with Crippen LogP contribution in [0.2, 0.25) is 0 Å². The molecule has 0 spiro atoms. The van der Waals surface area contributed by atoms with Crippen molar-refractivity contribution < 1.29 is 9.59 Å². The number of amides is 2. The predicted octanol–water partition coefficient (Wildman–Crippen LogP) is 4.22. The Morgan fingerprint density at radius 2 is 1.85 bits per heavy atom. The molecule has 2 aromatic heterocycles. The number of aryl methyl sites for hydroxylation is 2. The minimum absolute atomic E-state index is 0.118. The lowest BCUT2D eigenvalue weighted by Gasteiger charge is -2.17. The van der Waals surface area contributed by atoms with Gasteiger partial charge in [0.15, 0.2) is 0 Å². The topological polar surface area (TPSA) is 89.2 Å². The molecule has 33 heavy (non-hydrogen) atoms. The van der Waals surface area contributed by atoms with Crippen molar-refractivity contribution in [2.45, 2.75) is 39.7 Å². The van der Waals surface area contributed by atoms with Crippen molar-refractivity contribution >= 4 is 33.6 Å². The van der Waals surface area contributed by atoms with Crippen molar-refractivity contribution in [3.63, 3.8) is 0 Å². The molecule has 0 saturated carbocycles. The third-order valence-electron chi connectivity index (χ3n) is 6.28. The van der Waals surface area contributed by atoms with Crippen LogP contribution in [0.15, 0.2) is 48.5 Å². The van der Waals surface area contributed by atoms with Crippen LogP contribution >= 0.6 is 0 Å². The third kappa shape index (κ3) is 4.04. The summed E-state index contributed by atoms with van der Waals surface area (Å²) in [7, 11) is 0. The number of nitrogens with zero attached hydrogens (tertiary/aromatic N) is 3. The molecule has 2 amide bonds. The van der Waals surface area contributed by atoms with Gasteiger partial charge in [-0.05, 0) is 67.3 Å². The maximum Gasteiger partial charge on any atom is 0.223 e. The van der Waals surface area contributed by atoms with Crippen molar-refractivity contribution in [3.8, 4) is 11.1 Å². The summed E-state index contributed by atoms with van der Waals surface area (Å²) in [6.07, 6.45) is 1.65. The SMILES string of the molecule is Cc1cc(-c2c(C)ccc3nc(CC(N)=O)ccc23)c2nc(CN3CCCC3=O)ccc2c1. The van der Waals surface area contributed by atoms with Gasteiger partial charge in [-0.3, -0.25) is 19.6 Å². The standard InChI is InChI=1S/C27H26N4O2/c1-16-12-18-6-7-20(15-31-11-3-4-25(31)33)30-27(18)22(13-16)26-17(2)5-10-23-21(26)9-8-19(29-23)14-24(28)32/h5-10,12-13H,3-4,11,14-15H2,1-2H3,(H2,28,32). The molecule has 2 aromatic carbocycles. The molecule has 0 unspecified atom stereocenters. The van der Waals surface area contributed by atoms with Crippen LogP contribution in [0.1, 0.15) is 35.4 Å². The van der Waals surface area contributed by atoms with Crippen molar-refractivity contribution in [2.24, 2.45) is 5.73 Å². The first-order chi connectivity index (χ1) is 15.9. The van der Waals surface area contributed by atoms with Gasteiger partial charge in [0.05, 0.1) is 35.4 Å². The fourth-order valence-electron chi connectivity index (χ4n) is 4.76. The van der Waals surface area contributed by atoms with Crippen LogP contribution in [0.5, 0.6) is 0 Å². The fourth-order valence-corrected chi connectivity index (χ4v) is 4.76. The highest BCUT2D eigenvalue weighted by atomic mass is 16.2. The van der Waals surface area contributed by atoms with Gasteiger partial charge in [-0.15, -0.1) is 0 Å². The molecule has 1 saturated heterocycles. The maximum atomic E-state index is 12.1. The number of primary amides is 1. The van der Waals surface area contributed by atoms with Crippen molar-refractivity contribution in [3.05, 3.63) is 71.0 Å². The summed E-state index contributed by atoms with van der Waals surface area (Å²) >= 11 is 0. The molecular weight excluding hydrogens is 412 g/mol. The number of rotatable bonds is 5. The lowest BCUT2D eigenvalue weighted by molar-refractivity contribution is -0.128. The molecule has 4 aromatic rings. The number of carbonyl (C=O) groups is 2. The zero-order valence-corrected chi connectivity index (χ0v) is 18.9. The second kappa shape index (κ2) is 8.28. The molecule has 3 heterocycles. The molecule has 6 nitrogen and oxygen atoms in total. The Labute approximate surface area is 192 Å². The summed E-state index contributed by atoms with van der Waals surface area (Å²) in [5.74, 6) is -0.198. The maximum absolute atomic E-state index is 12.1. The Kier molecular flexibility index (Phi) is 5.29. The summed E-state index contributed by atoms with van der Waals surface area (Å²) in [5, 5.41) is 2.08. The smallest absolute Gasteiger partial charge is 0.223 e. The Morgan fingerprint density at radius 3 is 2.61 bits per heavy atom. The van der Waals surface area contributed by atoms with E-state index in [1.165, 1.54) is 0 Å². The number of carbonyl (C=O) groups excluding carboxylic acids is 2. The highest BCUT2D eigenvalue weighted by molar-refractivity contribution is 6.04. The normalized spacial score (nSPS) is 13.9. The first-order valence-electron chi connectivity index (χ1n) is 11.2. The van der Waals surface area contributed by atoms with E-state index in [9.17, 15) is 9.59 Å². The molecule has 0 bridgehead atoms. The fraction of sp³-hybridized carbons (Fsp3) is 0.259. The van der Waals surface area contributed by atoms with Crippen molar-refractivity contribution in [1.29, 1.82) is 0 Å². The number of hydrogen-bond acceptors (Lipinski definition) is 4. The second-order valence-electron chi connectivity index (χ2n) is 8.88.